The van der Waals surface area contributed by atoms with Gasteiger partial charge < -0.3 is 21.3 Å². The Labute approximate surface area is 580 Å². The predicted molar refractivity (Wildman–Crippen MR) is 392 cm³/mol. The fraction of sp³-hybridized carbons (Fsp3) is 0.0769. The lowest BCUT2D eigenvalue weighted by Crippen LogP contribution is -2.45. The summed E-state index contributed by atoms with van der Waals surface area (Å²) in [6.45, 7) is 4.14. The first-order chi connectivity index (χ1) is 48.0. The van der Waals surface area contributed by atoms with Crippen LogP contribution in [0.3, 0.4) is 0 Å². The van der Waals surface area contributed by atoms with Crippen molar-refractivity contribution in [2.45, 2.75) is 38.8 Å². The second-order valence-corrected chi connectivity index (χ2v) is 27.2. The minimum absolute atomic E-state index is 0.259. The lowest BCUT2D eigenvalue weighted by atomic mass is 10.0. The van der Waals surface area contributed by atoms with Crippen LogP contribution in [0, 0.1) is 13.8 Å². The molecule has 0 aliphatic rings. The molecule has 0 aliphatic heterocycles. The summed E-state index contributed by atoms with van der Waals surface area (Å²) >= 11 is 6.26. The molecule has 8 heterocycles. The van der Waals surface area contributed by atoms with Crippen LogP contribution in [0.15, 0.2) is 255 Å². The van der Waals surface area contributed by atoms with Gasteiger partial charge in [0.05, 0.1) is 55.0 Å². The van der Waals surface area contributed by atoms with E-state index in [-0.39, 0.29) is 24.7 Å². The van der Waals surface area contributed by atoms with Crippen LogP contribution in [0.2, 0.25) is 0 Å². The van der Waals surface area contributed by atoms with Crippen LogP contribution in [-0.4, -0.2) is 75.6 Å². The molecule has 0 saturated heterocycles. The molecule has 0 aliphatic carbocycles. The molecule has 0 fully saturated rings. The minimum atomic E-state index is -0.911. The molecule has 2 atom stereocenters. The van der Waals surface area contributed by atoms with Gasteiger partial charge in [0.2, 0.25) is 11.8 Å². The number of carbonyl (C=O) groups is 4. The van der Waals surface area contributed by atoms with Crippen molar-refractivity contribution < 1.29 is 19.2 Å². The number of hydrogen-bond acceptors (Lipinski definition) is 16. The number of hydrogen-bond donors (Lipinski definition) is 4. The highest BCUT2D eigenvalue weighted by atomic mass is 32.1. The summed E-state index contributed by atoms with van der Waals surface area (Å²) in [4.78, 5) is 98.9. The molecular formula is C78H58N12O4S4. The molecule has 14 rings (SSSR count). The van der Waals surface area contributed by atoms with E-state index < -0.39 is 23.9 Å². The average molecular weight is 1360 g/mol. The van der Waals surface area contributed by atoms with Gasteiger partial charge >= 0.3 is 0 Å². The van der Waals surface area contributed by atoms with Gasteiger partial charge in [-0.15, -0.1) is 45.3 Å². The molecule has 20 heteroatoms. The lowest BCUT2D eigenvalue weighted by molar-refractivity contribution is -0.118. The Morgan fingerprint density at radius 2 is 0.684 bits per heavy atom. The fourth-order valence-corrected chi connectivity index (χ4v) is 15.2. The standard InChI is InChI=1S/C78H58N12O4S4/c1-47-65(87-75(95-47)53-29-35-57(36-30-53)83-73(93)63(43-49-19-7-3-8-20-49)85-71(91)55-33-39-61(81-45-55)59-27-15-17-41-79-59)69-67(89-77(97-69)51-23-11-5-12-24-51)68-70(98-78(90-68)52-25-13-6-14-26-52)66-48(2)96-76(88-66)54-31-37-58(38-32-54)84-74(94)64(44-50-21-9-4-10-22-50)86-72(92)56-34-40-62(82-46-56)60-28-16-18-42-80-60/h3-42,45-46,63-64H,43-44H2,1-2H3,(H,83,93)(H,84,94)(H,85,91)(H,86,92)/t63-,64-/m1/s1. The van der Waals surface area contributed by atoms with E-state index in [1.165, 1.54) is 12.4 Å². The van der Waals surface area contributed by atoms with E-state index in [1.54, 1.807) is 82.0 Å². The molecular weight excluding hydrogens is 1300 g/mol. The molecule has 478 valence electrons. The molecule has 4 N–H and O–H groups in total. The highest BCUT2D eigenvalue weighted by Gasteiger charge is 2.30. The number of amides is 4. The summed E-state index contributed by atoms with van der Waals surface area (Å²) in [5.74, 6) is -1.61. The van der Waals surface area contributed by atoms with Crippen molar-refractivity contribution in [1.82, 2.24) is 50.5 Å². The van der Waals surface area contributed by atoms with Gasteiger partial charge in [-0.05, 0) is 122 Å². The van der Waals surface area contributed by atoms with E-state index in [0.717, 1.165) is 84.3 Å². The van der Waals surface area contributed by atoms with E-state index >= 15 is 0 Å². The molecule has 14 aromatic rings. The number of rotatable bonds is 21. The summed E-state index contributed by atoms with van der Waals surface area (Å²) in [5, 5.41) is 15.2. The average Bonchev–Trinajstić information content (AvgIpc) is 1.60. The number of anilines is 2. The van der Waals surface area contributed by atoms with E-state index in [9.17, 15) is 19.2 Å². The van der Waals surface area contributed by atoms with Crippen molar-refractivity contribution in [2.24, 2.45) is 0 Å². The number of pyridine rings is 4. The van der Waals surface area contributed by atoms with Crippen LogP contribution >= 0.6 is 45.3 Å². The SMILES string of the molecule is Cc1sc(-c2ccc(NC(=O)[C@@H](Cc3ccccc3)NC(=O)c3ccc(-c4ccccn4)nc3)cc2)nc1-c1sc(-c2ccccc2)nc1-c1nc(-c2ccccc2)sc1-c1nc(-c2ccc(NC(=O)[C@@H](Cc3ccccc3)NC(=O)c3ccc(-c4ccccn4)nc3)cc2)sc1C. The molecule has 0 saturated carbocycles. The van der Waals surface area contributed by atoms with Crippen LogP contribution in [-0.2, 0) is 22.4 Å². The van der Waals surface area contributed by atoms with Crippen LogP contribution in [0.5, 0.6) is 0 Å². The zero-order valence-corrected chi connectivity index (χ0v) is 55.9. The van der Waals surface area contributed by atoms with Gasteiger partial charge in [0.1, 0.15) is 43.5 Å². The van der Waals surface area contributed by atoms with E-state index in [0.29, 0.717) is 56.7 Å². The van der Waals surface area contributed by atoms with Crippen molar-refractivity contribution in [2.75, 3.05) is 10.6 Å². The van der Waals surface area contributed by atoms with Crippen molar-refractivity contribution in [3.63, 3.8) is 0 Å². The third-order valence-corrected chi connectivity index (χ3v) is 20.3. The smallest absolute Gasteiger partial charge is 0.253 e. The predicted octanol–water partition coefficient (Wildman–Crippen LogP) is 16.7. The van der Waals surface area contributed by atoms with Gasteiger partial charge in [0, 0.05) is 81.0 Å². The van der Waals surface area contributed by atoms with Crippen molar-refractivity contribution in [3.05, 3.63) is 287 Å². The maximum atomic E-state index is 14.2. The van der Waals surface area contributed by atoms with Gasteiger partial charge in [-0.3, -0.25) is 39.1 Å². The third kappa shape index (κ3) is 14.6. The first-order valence-electron chi connectivity index (χ1n) is 31.4. The first-order valence-corrected chi connectivity index (χ1v) is 34.6. The molecule has 0 spiro atoms. The van der Waals surface area contributed by atoms with Crippen LogP contribution in [0.1, 0.15) is 41.6 Å². The number of aromatic nitrogens is 8. The van der Waals surface area contributed by atoms with Gasteiger partial charge in [-0.2, -0.15) is 0 Å². The minimum Gasteiger partial charge on any atom is -0.340 e. The molecule has 4 amide bonds. The van der Waals surface area contributed by atoms with Crippen molar-refractivity contribution >= 4 is 80.4 Å². The summed E-state index contributed by atoms with van der Waals surface area (Å²) in [6, 6.07) is 70.6. The number of nitrogens with zero attached hydrogens (tertiary/aromatic N) is 8. The number of nitrogens with one attached hydrogen (secondary N) is 4. The van der Waals surface area contributed by atoms with Crippen LogP contribution < -0.4 is 21.3 Å². The van der Waals surface area contributed by atoms with E-state index in [1.807, 2.05) is 182 Å². The van der Waals surface area contributed by atoms with E-state index in [4.69, 9.17) is 19.9 Å². The monoisotopic (exact) mass is 1350 g/mol. The Bertz CT molecular complexity index is 4790. The van der Waals surface area contributed by atoms with Gasteiger partial charge in [-0.25, -0.2) is 19.9 Å². The maximum Gasteiger partial charge on any atom is 0.253 e. The number of benzene rings is 6. The quantitative estimate of drug-likeness (QED) is 0.0528. The van der Waals surface area contributed by atoms with Crippen molar-refractivity contribution in [1.29, 1.82) is 0 Å². The highest BCUT2D eigenvalue weighted by molar-refractivity contribution is 7.21. The third-order valence-electron chi connectivity index (χ3n) is 16.1. The Morgan fingerprint density at radius 3 is 1.04 bits per heavy atom. The molecule has 0 unspecified atom stereocenters. The second kappa shape index (κ2) is 29.1. The summed E-state index contributed by atoms with van der Waals surface area (Å²) in [7, 11) is 0. The maximum absolute atomic E-state index is 14.2. The van der Waals surface area contributed by atoms with Gasteiger partial charge in [-0.1, -0.05) is 133 Å². The van der Waals surface area contributed by atoms with E-state index in [2.05, 4.69) is 79.3 Å². The summed E-state index contributed by atoms with van der Waals surface area (Å²) in [6.07, 6.45) is 6.88. The Kier molecular flexibility index (Phi) is 18.9. The number of thiazole rings is 4. The molecule has 16 nitrogen and oxygen atoms in total. The zero-order valence-electron chi connectivity index (χ0n) is 52.7. The summed E-state index contributed by atoms with van der Waals surface area (Å²) < 4.78 is 0. The zero-order chi connectivity index (χ0) is 66.9. The fourth-order valence-electron chi connectivity index (χ4n) is 11.0. The molecule has 0 radical (unpaired) electrons. The normalized spacial score (nSPS) is 11.7. The molecule has 0 bridgehead atoms. The van der Waals surface area contributed by atoms with Crippen molar-refractivity contribution in [3.8, 4) is 97.6 Å². The topological polar surface area (TPSA) is 220 Å². The number of carbonyl (C=O) groups excluding carboxylic acids is 4. The molecule has 98 heavy (non-hydrogen) atoms. The molecule has 6 aromatic carbocycles. The molecule has 8 aromatic heterocycles. The summed E-state index contributed by atoms with van der Waals surface area (Å²) in [5.41, 5.74) is 12.7. The first kappa shape index (κ1) is 63.7. The Morgan fingerprint density at radius 1 is 0.347 bits per heavy atom. The van der Waals surface area contributed by atoms with Gasteiger partial charge in [0.15, 0.2) is 0 Å². The largest absolute Gasteiger partial charge is 0.340 e. The van der Waals surface area contributed by atoms with Crippen LogP contribution in [0.4, 0.5) is 11.4 Å². The lowest BCUT2D eigenvalue weighted by Gasteiger charge is -2.19. The Balaban J connectivity index is 0.725. The van der Waals surface area contributed by atoms with Crippen LogP contribution in [0.25, 0.3) is 97.6 Å². The second-order valence-electron chi connectivity index (χ2n) is 22.8. The number of aryl methyl sites for hydroxylation is 2. The Hall–Kier alpha value is -11.7. The highest BCUT2D eigenvalue weighted by Crippen LogP contribution is 2.50. The van der Waals surface area contributed by atoms with Gasteiger partial charge in [0.25, 0.3) is 11.8 Å².